The summed E-state index contributed by atoms with van der Waals surface area (Å²) in [6.45, 7) is 3.36. The summed E-state index contributed by atoms with van der Waals surface area (Å²) in [7, 11) is 1.59. The number of benzene rings is 3. The van der Waals surface area contributed by atoms with Crippen LogP contribution >= 0.6 is 11.6 Å². The van der Waals surface area contributed by atoms with E-state index in [1.807, 2.05) is 55.5 Å². The number of hydrogen-bond donors (Lipinski definition) is 1. The largest absolute Gasteiger partial charge is 0.495 e. The molecule has 0 spiro atoms. The molecule has 0 saturated carbocycles. The van der Waals surface area contributed by atoms with Crippen LogP contribution in [0.5, 0.6) is 5.75 Å². The van der Waals surface area contributed by atoms with Crippen LogP contribution in [0.15, 0.2) is 60.7 Å². The van der Waals surface area contributed by atoms with Crippen molar-refractivity contribution in [2.24, 2.45) is 0 Å². The van der Waals surface area contributed by atoms with Crippen LogP contribution in [-0.2, 0) is 6.42 Å². The fourth-order valence-electron chi connectivity index (χ4n) is 4.47. The fourth-order valence-corrected chi connectivity index (χ4v) is 4.78. The Morgan fingerprint density at radius 2 is 1.84 bits per heavy atom. The number of aliphatic hydroxyl groups is 1. The van der Waals surface area contributed by atoms with Crippen molar-refractivity contribution < 1.29 is 14.6 Å². The number of carbonyl (C=O) groups excluding carboxylic acids is 1. The van der Waals surface area contributed by atoms with Gasteiger partial charge in [-0.2, -0.15) is 0 Å². The number of piperidine rings is 1. The molecule has 1 fully saturated rings. The molecule has 0 bridgehead atoms. The summed E-state index contributed by atoms with van der Waals surface area (Å²) < 4.78 is 5.28. The standard InChI is InChI=1S/C26H28ClNO3/c1-18(28-14-12-26(30,13-15-28)17-19-6-4-3-5-7-19)25(29)21-8-10-22-20(16-21)9-11-23(31-2)24(22)27/h3-11,16,18,30H,12-15,17H2,1-2H3. The molecule has 1 unspecified atom stereocenters. The summed E-state index contributed by atoms with van der Waals surface area (Å²) in [4.78, 5) is 15.4. The molecule has 3 aromatic rings. The van der Waals surface area contributed by atoms with Crippen molar-refractivity contribution in [3.63, 3.8) is 0 Å². The van der Waals surface area contributed by atoms with Crippen molar-refractivity contribution in [2.45, 2.75) is 37.8 Å². The minimum Gasteiger partial charge on any atom is -0.495 e. The van der Waals surface area contributed by atoms with Gasteiger partial charge in [-0.1, -0.05) is 60.1 Å². The Hall–Kier alpha value is -2.40. The maximum atomic E-state index is 13.2. The molecular formula is C26H28ClNO3. The number of carbonyl (C=O) groups is 1. The Kier molecular flexibility index (Phi) is 6.33. The average Bonchev–Trinajstić information content (AvgIpc) is 2.79. The van der Waals surface area contributed by atoms with E-state index in [1.165, 1.54) is 0 Å². The number of Topliss-reactive ketones (excluding diaryl/α,β-unsaturated/α-hetero) is 1. The van der Waals surface area contributed by atoms with Gasteiger partial charge in [0.1, 0.15) is 5.75 Å². The van der Waals surface area contributed by atoms with Crippen LogP contribution in [0.4, 0.5) is 0 Å². The van der Waals surface area contributed by atoms with Crippen molar-refractivity contribution in [3.8, 4) is 5.75 Å². The molecular weight excluding hydrogens is 410 g/mol. The molecule has 1 saturated heterocycles. The molecule has 1 N–H and O–H groups in total. The molecule has 4 rings (SSSR count). The van der Waals surface area contributed by atoms with Gasteiger partial charge in [-0.05, 0) is 42.8 Å². The fraction of sp³-hybridized carbons (Fsp3) is 0.346. The second kappa shape index (κ2) is 8.99. The Balaban J connectivity index is 1.44. The van der Waals surface area contributed by atoms with E-state index < -0.39 is 5.60 Å². The molecule has 31 heavy (non-hydrogen) atoms. The van der Waals surface area contributed by atoms with Gasteiger partial charge in [-0.3, -0.25) is 9.69 Å². The molecule has 1 heterocycles. The molecule has 5 heteroatoms. The monoisotopic (exact) mass is 437 g/mol. The van der Waals surface area contributed by atoms with Crippen LogP contribution < -0.4 is 4.74 Å². The molecule has 3 aromatic carbocycles. The van der Waals surface area contributed by atoms with Crippen molar-refractivity contribution in [3.05, 3.63) is 76.8 Å². The van der Waals surface area contributed by atoms with E-state index in [9.17, 15) is 9.90 Å². The summed E-state index contributed by atoms with van der Waals surface area (Å²) in [5.41, 5.74) is 1.11. The predicted octanol–water partition coefficient (Wildman–Crippen LogP) is 5.14. The van der Waals surface area contributed by atoms with Gasteiger partial charge in [0.25, 0.3) is 0 Å². The Bertz CT molecular complexity index is 1070. The zero-order valence-electron chi connectivity index (χ0n) is 18.0. The van der Waals surface area contributed by atoms with Gasteiger partial charge in [0.15, 0.2) is 5.78 Å². The van der Waals surface area contributed by atoms with Gasteiger partial charge in [0, 0.05) is 30.5 Å². The van der Waals surface area contributed by atoms with E-state index in [2.05, 4.69) is 17.0 Å². The highest BCUT2D eigenvalue weighted by Gasteiger charge is 2.35. The molecule has 4 nitrogen and oxygen atoms in total. The van der Waals surface area contributed by atoms with Crippen molar-refractivity contribution in [2.75, 3.05) is 20.2 Å². The number of ketones is 1. The number of nitrogens with zero attached hydrogens (tertiary/aromatic N) is 1. The van der Waals surface area contributed by atoms with Crippen molar-refractivity contribution in [1.82, 2.24) is 4.90 Å². The normalized spacial score (nSPS) is 17.4. The second-order valence-electron chi connectivity index (χ2n) is 8.48. The molecule has 0 amide bonds. The summed E-state index contributed by atoms with van der Waals surface area (Å²) in [6.07, 6.45) is 1.97. The summed E-state index contributed by atoms with van der Waals surface area (Å²) in [5.74, 6) is 0.709. The lowest BCUT2D eigenvalue weighted by Gasteiger charge is -2.40. The summed E-state index contributed by atoms with van der Waals surface area (Å²) >= 11 is 6.40. The molecule has 0 aliphatic carbocycles. The van der Waals surface area contributed by atoms with Crippen LogP contribution in [0.25, 0.3) is 10.8 Å². The molecule has 1 atom stereocenters. The van der Waals surface area contributed by atoms with E-state index in [1.54, 1.807) is 7.11 Å². The Labute approximate surface area is 188 Å². The lowest BCUT2D eigenvalue weighted by atomic mass is 9.84. The van der Waals surface area contributed by atoms with E-state index >= 15 is 0 Å². The minimum absolute atomic E-state index is 0.0855. The predicted molar refractivity (Wildman–Crippen MR) is 125 cm³/mol. The van der Waals surface area contributed by atoms with Crippen LogP contribution in [0, 0.1) is 0 Å². The third-order valence-corrected chi connectivity index (χ3v) is 6.84. The van der Waals surface area contributed by atoms with E-state index in [0.29, 0.717) is 48.7 Å². The molecule has 162 valence electrons. The molecule has 1 aliphatic heterocycles. The average molecular weight is 438 g/mol. The highest BCUT2D eigenvalue weighted by Crippen LogP contribution is 2.33. The Morgan fingerprint density at radius 3 is 2.52 bits per heavy atom. The third-order valence-electron chi connectivity index (χ3n) is 6.45. The lowest BCUT2D eigenvalue weighted by Crippen LogP contribution is -2.50. The van der Waals surface area contributed by atoms with Gasteiger partial charge < -0.3 is 9.84 Å². The minimum atomic E-state index is -0.709. The zero-order chi connectivity index (χ0) is 22.0. The number of ether oxygens (including phenoxy) is 1. The smallest absolute Gasteiger partial charge is 0.179 e. The first-order valence-corrected chi connectivity index (χ1v) is 11.1. The molecule has 0 radical (unpaired) electrons. The van der Waals surface area contributed by atoms with Crippen molar-refractivity contribution >= 4 is 28.2 Å². The SMILES string of the molecule is COc1ccc2cc(C(=O)C(C)N3CCC(O)(Cc4ccccc4)CC3)ccc2c1Cl. The first-order chi connectivity index (χ1) is 14.9. The number of halogens is 1. The summed E-state index contributed by atoms with van der Waals surface area (Å²) in [5, 5.41) is 13.4. The van der Waals surface area contributed by atoms with E-state index in [4.69, 9.17) is 16.3 Å². The first-order valence-electron chi connectivity index (χ1n) is 10.7. The maximum absolute atomic E-state index is 13.2. The van der Waals surface area contributed by atoms with Crippen LogP contribution in [0.2, 0.25) is 5.02 Å². The lowest BCUT2D eigenvalue weighted by molar-refractivity contribution is -0.0267. The zero-order valence-corrected chi connectivity index (χ0v) is 18.7. The van der Waals surface area contributed by atoms with Gasteiger partial charge in [0.05, 0.1) is 23.8 Å². The van der Waals surface area contributed by atoms with Crippen molar-refractivity contribution in [1.29, 1.82) is 0 Å². The number of likely N-dealkylation sites (tertiary alicyclic amines) is 1. The highest BCUT2D eigenvalue weighted by atomic mass is 35.5. The van der Waals surface area contributed by atoms with Gasteiger partial charge in [-0.15, -0.1) is 0 Å². The number of rotatable bonds is 6. The number of fused-ring (bicyclic) bond motifs is 1. The third kappa shape index (κ3) is 4.62. The second-order valence-corrected chi connectivity index (χ2v) is 8.86. The van der Waals surface area contributed by atoms with Gasteiger partial charge in [0.2, 0.25) is 0 Å². The highest BCUT2D eigenvalue weighted by molar-refractivity contribution is 6.37. The van der Waals surface area contributed by atoms with Crippen LogP contribution in [0.1, 0.15) is 35.7 Å². The van der Waals surface area contributed by atoms with E-state index in [-0.39, 0.29) is 11.8 Å². The molecule has 0 aromatic heterocycles. The number of methoxy groups -OCH3 is 1. The number of hydrogen-bond acceptors (Lipinski definition) is 4. The Morgan fingerprint density at radius 1 is 1.13 bits per heavy atom. The molecule has 1 aliphatic rings. The maximum Gasteiger partial charge on any atom is 0.179 e. The van der Waals surface area contributed by atoms with E-state index in [0.717, 1.165) is 16.3 Å². The van der Waals surface area contributed by atoms with Gasteiger partial charge in [-0.25, -0.2) is 0 Å². The van der Waals surface area contributed by atoms with Gasteiger partial charge >= 0.3 is 0 Å². The van der Waals surface area contributed by atoms with Crippen LogP contribution in [-0.4, -0.2) is 47.6 Å². The topological polar surface area (TPSA) is 49.8 Å². The first kappa shape index (κ1) is 21.8. The van der Waals surface area contributed by atoms with Crippen LogP contribution in [0.3, 0.4) is 0 Å². The quantitative estimate of drug-likeness (QED) is 0.542. The summed E-state index contributed by atoms with van der Waals surface area (Å²) in [6, 6.07) is 19.2.